The second kappa shape index (κ2) is 8.20. The molecule has 0 amide bonds. The summed E-state index contributed by atoms with van der Waals surface area (Å²) >= 11 is 1.72. The Morgan fingerprint density at radius 1 is 1.14 bits per heavy atom. The van der Waals surface area contributed by atoms with Crippen molar-refractivity contribution in [3.05, 3.63) is 41.6 Å². The first-order valence-electron chi connectivity index (χ1n) is 7.41. The lowest BCUT2D eigenvalue weighted by Gasteiger charge is -2.07. The molecule has 0 radical (unpaired) electrons. The van der Waals surface area contributed by atoms with Crippen molar-refractivity contribution >= 4 is 11.8 Å². The summed E-state index contributed by atoms with van der Waals surface area (Å²) in [5, 5.41) is 11.4. The summed E-state index contributed by atoms with van der Waals surface area (Å²) in [6, 6.07) is 8.63. The maximum Gasteiger partial charge on any atom is 0.226 e. The molecule has 0 aliphatic heterocycles. The Labute approximate surface area is 130 Å². The highest BCUT2D eigenvalue weighted by Gasteiger charge is 2.05. The third-order valence-corrected chi connectivity index (χ3v) is 3.98. The number of rotatable bonds is 8. The summed E-state index contributed by atoms with van der Waals surface area (Å²) in [6.07, 6.45) is 0.787. The van der Waals surface area contributed by atoms with E-state index in [9.17, 15) is 0 Å². The molecule has 1 aromatic carbocycles. The van der Waals surface area contributed by atoms with E-state index in [-0.39, 0.29) is 0 Å². The fourth-order valence-corrected chi connectivity index (χ4v) is 2.58. The lowest BCUT2D eigenvalue weighted by molar-refractivity contribution is 0.470. The van der Waals surface area contributed by atoms with Crippen molar-refractivity contribution < 1.29 is 4.42 Å². The van der Waals surface area contributed by atoms with E-state index in [1.165, 1.54) is 10.5 Å². The first kappa shape index (κ1) is 16.0. The van der Waals surface area contributed by atoms with Crippen molar-refractivity contribution in [2.75, 3.05) is 6.54 Å². The molecule has 5 heteroatoms. The van der Waals surface area contributed by atoms with Crippen molar-refractivity contribution in [1.82, 2.24) is 15.5 Å². The molecule has 0 aliphatic rings. The zero-order valence-corrected chi connectivity index (χ0v) is 13.7. The highest BCUT2D eigenvalue weighted by molar-refractivity contribution is 7.98. The van der Waals surface area contributed by atoms with Gasteiger partial charge in [-0.3, -0.25) is 0 Å². The minimum absolute atomic E-state index is 0.683. The quantitative estimate of drug-likeness (QED) is 0.754. The van der Waals surface area contributed by atoms with E-state index in [0.29, 0.717) is 17.7 Å². The topological polar surface area (TPSA) is 51.0 Å². The SMILES string of the molecule is CCc1nnc(CSc2ccc(CNCC(C)C)cc2)o1. The monoisotopic (exact) mass is 305 g/mol. The van der Waals surface area contributed by atoms with Gasteiger partial charge in [-0.25, -0.2) is 0 Å². The second-order valence-corrected chi connectivity index (χ2v) is 6.45. The van der Waals surface area contributed by atoms with E-state index in [1.807, 2.05) is 6.92 Å². The molecule has 21 heavy (non-hydrogen) atoms. The van der Waals surface area contributed by atoms with Crippen LogP contribution in [0.2, 0.25) is 0 Å². The number of nitrogens with zero attached hydrogens (tertiary/aromatic N) is 2. The highest BCUT2D eigenvalue weighted by Crippen LogP contribution is 2.22. The van der Waals surface area contributed by atoms with Gasteiger partial charge in [0, 0.05) is 17.9 Å². The zero-order valence-electron chi connectivity index (χ0n) is 12.9. The van der Waals surface area contributed by atoms with Gasteiger partial charge in [0.2, 0.25) is 11.8 Å². The van der Waals surface area contributed by atoms with Gasteiger partial charge in [0.15, 0.2) is 0 Å². The Hall–Kier alpha value is -1.33. The summed E-state index contributed by atoms with van der Waals surface area (Å²) in [4.78, 5) is 1.22. The van der Waals surface area contributed by atoms with Crippen LogP contribution in [-0.2, 0) is 18.7 Å². The van der Waals surface area contributed by atoms with Gasteiger partial charge >= 0.3 is 0 Å². The summed E-state index contributed by atoms with van der Waals surface area (Å²) in [5.74, 6) is 2.80. The molecule has 0 fully saturated rings. The molecule has 0 atom stereocenters. The summed E-state index contributed by atoms with van der Waals surface area (Å²) in [7, 11) is 0. The molecular weight excluding hydrogens is 282 g/mol. The Balaban J connectivity index is 1.79. The Morgan fingerprint density at radius 3 is 2.48 bits per heavy atom. The summed E-state index contributed by atoms with van der Waals surface area (Å²) < 4.78 is 5.50. The molecule has 1 heterocycles. The molecule has 4 nitrogen and oxygen atoms in total. The molecule has 2 rings (SSSR count). The lowest BCUT2D eigenvalue weighted by Crippen LogP contribution is -2.18. The number of aryl methyl sites for hydroxylation is 1. The summed E-state index contributed by atoms with van der Waals surface area (Å²) in [6.45, 7) is 8.42. The second-order valence-electron chi connectivity index (χ2n) is 5.40. The standard InChI is InChI=1S/C16H23N3OS/c1-4-15-18-19-16(20-15)11-21-14-7-5-13(6-8-14)10-17-9-12(2)3/h5-8,12,17H,4,9-11H2,1-3H3. The molecule has 0 unspecified atom stereocenters. The van der Waals surface area contributed by atoms with Gasteiger partial charge in [0.1, 0.15) is 0 Å². The average Bonchev–Trinajstić information content (AvgIpc) is 2.94. The van der Waals surface area contributed by atoms with Crippen molar-refractivity contribution in [3.63, 3.8) is 0 Å². The first-order chi connectivity index (χ1) is 10.2. The van der Waals surface area contributed by atoms with Crippen LogP contribution < -0.4 is 5.32 Å². The van der Waals surface area contributed by atoms with Crippen LogP contribution in [0.25, 0.3) is 0 Å². The lowest BCUT2D eigenvalue weighted by atomic mass is 10.2. The van der Waals surface area contributed by atoms with E-state index >= 15 is 0 Å². The third kappa shape index (κ3) is 5.52. The van der Waals surface area contributed by atoms with E-state index < -0.39 is 0 Å². The van der Waals surface area contributed by atoms with E-state index in [4.69, 9.17) is 4.42 Å². The Bertz CT molecular complexity index is 537. The van der Waals surface area contributed by atoms with Crippen LogP contribution in [0, 0.1) is 5.92 Å². The van der Waals surface area contributed by atoms with E-state index in [1.54, 1.807) is 11.8 Å². The smallest absolute Gasteiger partial charge is 0.226 e. The van der Waals surface area contributed by atoms with Crippen LogP contribution in [-0.4, -0.2) is 16.7 Å². The molecular formula is C16H23N3OS. The van der Waals surface area contributed by atoms with Crippen molar-refractivity contribution in [2.24, 2.45) is 5.92 Å². The molecule has 0 spiro atoms. The Morgan fingerprint density at radius 2 is 1.86 bits per heavy atom. The van der Waals surface area contributed by atoms with Crippen molar-refractivity contribution in [1.29, 1.82) is 0 Å². The van der Waals surface area contributed by atoms with Crippen LogP contribution in [0.3, 0.4) is 0 Å². The maximum absolute atomic E-state index is 5.50. The maximum atomic E-state index is 5.50. The minimum Gasteiger partial charge on any atom is -0.424 e. The van der Waals surface area contributed by atoms with Crippen LogP contribution in [0.5, 0.6) is 0 Å². The van der Waals surface area contributed by atoms with Gasteiger partial charge in [-0.05, 0) is 30.2 Å². The molecule has 2 aromatic rings. The van der Waals surface area contributed by atoms with Gasteiger partial charge < -0.3 is 9.73 Å². The van der Waals surface area contributed by atoms with Gasteiger partial charge in [-0.2, -0.15) is 0 Å². The molecule has 1 aromatic heterocycles. The largest absolute Gasteiger partial charge is 0.424 e. The number of hydrogen-bond donors (Lipinski definition) is 1. The third-order valence-electron chi connectivity index (χ3n) is 2.98. The highest BCUT2D eigenvalue weighted by atomic mass is 32.2. The average molecular weight is 305 g/mol. The van der Waals surface area contributed by atoms with Gasteiger partial charge in [-0.15, -0.1) is 22.0 Å². The number of hydrogen-bond acceptors (Lipinski definition) is 5. The van der Waals surface area contributed by atoms with E-state index in [0.717, 1.165) is 25.3 Å². The normalized spacial score (nSPS) is 11.2. The predicted molar refractivity (Wildman–Crippen MR) is 86.2 cm³/mol. The number of benzene rings is 1. The number of thioether (sulfide) groups is 1. The summed E-state index contributed by atoms with van der Waals surface area (Å²) in [5.41, 5.74) is 1.31. The van der Waals surface area contributed by atoms with Crippen LogP contribution in [0.15, 0.2) is 33.6 Å². The first-order valence-corrected chi connectivity index (χ1v) is 8.39. The molecule has 0 bridgehead atoms. The molecule has 0 saturated heterocycles. The minimum atomic E-state index is 0.683. The van der Waals surface area contributed by atoms with Crippen LogP contribution in [0.4, 0.5) is 0 Å². The van der Waals surface area contributed by atoms with E-state index in [2.05, 4.69) is 53.6 Å². The van der Waals surface area contributed by atoms with Crippen molar-refractivity contribution in [2.45, 2.75) is 44.4 Å². The van der Waals surface area contributed by atoms with Gasteiger partial charge in [0.25, 0.3) is 0 Å². The number of aromatic nitrogens is 2. The Kier molecular flexibility index (Phi) is 6.26. The fourth-order valence-electron chi connectivity index (χ4n) is 1.84. The molecule has 0 aliphatic carbocycles. The van der Waals surface area contributed by atoms with Crippen LogP contribution >= 0.6 is 11.8 Å². The number of nitrogens with one attached hydrogen (secondary N) is 1. The van der Waals surface area contributed by atoms with Crippen molar-refractivity contribution in [3.8, 4) is 0 Å². The predicted octanol–water partition coefficient (Wildman–Crippen LogP) is 3.67. The molecule has 0 saturated carbocycles. The molecule has 114 valence electrons. The molecule has 1 N–H and O–H groups in total. The van der Waals surface area contributed by atoms with Gasteiger partial charge in [0.05, 0.1) is 5.75 Å². The van der Waals surface area contributed by atoms with Gasteiger partial charge in [-0.1, -0.05) is 32.9 Å². The van der Waals surface area contributed by atoms with Crippen LogP contribution in [0.1, 0.15) is 38.1 Å². The zero-order chi connectivity index (χ0) is 15.1. The fraction of sp³-hybridized carbons (Fsp3) is 0.500.